The van der Waals surface area contributed by atoms with Crippen molar-refractivity contribution in [1.82, 2.24) is 29.4 Å². The van der Waals surface area contributed by atoms with E-state index in [4.69, 9.17) is 0 Å². The van der Waals surface area contributed by atoms with Crippen molar-refractivity contribution in [3.05, 3.63) is 59.7 Å². The van der Waals surface area contributed by atoms with Gasteiger partial charge in [-0.3, -0.25) is 0 Å². The Morgan fingerprint density at radius 1 is 1.05 bits per heavy atom. The standard InChI is InChI=1S/C29H35F2N7O/c1-6-37-11-9-29(5,10-12-37)27(39)19-7-8-24(32-15-19)35-28-33-16-22(31)25(36-28)20-13-21(30)26-23(14-20)38(17(2)3)18(4)34-26/h7-8,13-17,27,39H,6,9-12H2,1-5H3,(H,32,33,35,36). The van der Waals surface area contributed by atoms with Gasteiger partial charge in [-0.15, -0.1) is 0 Å². The molecular weight excluding hydrogens is 500 g/mol. The summed E-state index contributed by atoms with van der Waals surface area (Å²) in [6.07, 6.45) is 3.91. The van der Waals surface area contributed by atoms with Gasteiger partial charge in [0.2, 0.25) is 5.95 Å². The summed E-state index contributed by atoms with van der Waals surface area (Å²) >= 11 is 0. The molecule has 10 heteroatoms. The van der Waals surface area contributed by atoms with Gasteiger partial charge in [-0.1, -0.05) is 19.9 Å². The zero-order valence-electron chi connectivity index (χ0n) is 23.0. The van der Waals surface area contributed by atoms with Gasteiger partial charge in [0.1, 0.15) is 22.9 Å². The molecule has 1 fully saturated rings. The highest BCUT2D eigenvalue weighted by Gasteiger charge is 2.37. The van der Waals surface area contributed by atoms with Gasteiger partial charge in [-0.25, -0.2) is 28.7 Å². The number of fused-ring (bicyclic) bond motifs is 1. The van der Waals surface area contributed by atoms with Crippen LogP contribution >= 0.6 is 0 Å². The minimum absolute atomic E-state index is 0.0270. The van der Waals surface area contributed by atoms with E-state index in [2.05, 4.69) is 44.0 Å². The minimum atomic E-state index is -0.666. The summed E-state index contributed by atoms with van der Waals surface area (Å²) in [4.78, 5) is 19.6. The van der Waals surface area contributed by atoms with Gasteiger partial charge >= 0.3 is 0 Å². The predicted molar refractivity (Wildman–Crippen MR) is 148 cm³/mol. The molecule has 0 amide bonds. The van der Waals surface area contributed by atoms with Crippen molar-refractivity contribution in [2.75, 3.05) is 25.0 Å². The molecule has 0 bridgehead atoms. The Kier molecular flexibility index (Phi) is 7.35. The van der Waals surface area contributed by atoms with Crippen molar-refractivity contribution in [3.63, 3.8) is 0 Å². The van der Waals surface area contributed by atoms with E-state index >= 15 is 0 Å². The first-order chi connectivity index (χ1) is 18.6. The third-order valence-corrected chi connectivity index (χ3v) is 7.91. The van der Waals surface area contributed by atoms with Gasteiger partial charge in [-0.2, -0.15) is 0 Å². The van der Waals surface area contributed by atoms with E-state index in [1.807, 2.05) is 31.4 Å². The minimum Gasteiger partial charge on any atom is -0.388 e. The third-order valence-electron chi connectivity index (χ3n) is 7.91. The van der Waals surface area contributed by atoms with Crippen molar-refractivity contribution in [2.45, 2.75) is 59.6 Å². The smallest absolute Gasteiger partial charge is 0.229 e. The number of aliphatic hydroxyl groups excluding tert-OH is 1. The monoisotopic (exact) mass is 535 g/mol. The Morgan fingerprint density at radius 2 is 1.79 bits per heavy atom. The molecule has 2 N–H and O–H groups in total. The first-order valence-corrected chi connectivity index (χ1v) is 13.4. The van der Waals surface area contributed by atoms with E-state index in [1.165, 1.54) is 6.07 Å². The van der Waals surface area contributed by atoms with Gasteiger partial charge in [0.25, 0.3) is 0 Å². The number of halogens is 2. The van der Waals surface area contributed by atoms with Crippen LogP contribution in [0.1, 0.15) is 64.1 Å². The molecular formula is C29H35F2N7O. The number of pyridine rings is 1. The number of anilines is 2. The molecule has 0 radical (unpaired) electrons. The average Bonchev–Trinajstić information content (AvgIpc) is 3.27. The van der Waals surface area contributed by atoms with Crippen LogP contribution in [-0.2, 0) is 0 Å². The Labute approximate surface area is 227 Å². The van der Waals surface area contributed by atoms with Gasteiger partial charge in [0.15, 0.2) is 11.6 Å². The Balaban J connectivity index is 1.38. The predicted octanol–water partition coefficient (Wildman–Crippen LogP) is 5.95. The summed E-state index contributed by atoms with van der Waals surface area (Å²) in [5, 5.41) is 14.1. The van der Waals surface area contributed by atoms with Crippen LogP contribution in [-0.4, -0.2) is 54.1 Å². The van der Waals surface area contributed by atoms with Gasteiger partial charge in [-0.05, 0) is 77.0 Å². The van der Waals surface area contributed by atoms with Crippen molar-refractivity contribution in [3.8, 4) is 11.3 Å². The average molecular weight is 536 g/mol. The van der Waals surface area contributed by atoms with Crippen LogP contribution in [0.25, 0.3) is 22.3 Å². The number of likely N-dealkylation sites (tertiary alicyclic amines) is 1. The number of hydrogen-bond acceptors (Lipinski definition) is 7. The number of hydrogen-bond donors (Lipinski definition) is 2. The molecule has 1 aliphatic heterocycles. The molecule has 4 aromatic rings. The van der Waals surface area contributed by atoms with E-state index in [1.54, 1.807) is 18.3 Å². The molecule has 0 saturated carbocycles. The zero-order valence-corrected chi connectivity index (χ0v) is 23.0. The lowest BCUT2D eigenvalue weighted by Crippen LogP contribution is -2.41. The molecule has 1 aliphatic rings. The van der Waals surface area contributed by atoms with Crippen molar-refractivity contribution < 1.29 is 13.9 Å². The van der Waals surface area contributed by atoms with Crippen LogP contribution in [0.2, 0.25) is 0 Å². The molecule has 39 heavy (non-hydrogen) atoms. The fraction of sp³-hybridized carbons (Fsp3) is 0.448. The van der Waals surface area contributed by atoms with E-state index in [0.717, 1.165) is 44.2 Å². The van der Waals surface area contributed by atoms with E-state index in [0.29, 0.717) is 22.7 Å². The maximum atomic E-state index is 15.0. The summed E-state index contributed by atoms with van der Waals surface area (Å²) in [5.41, 5.74) is 1.62. The number of benzene rings is 1. The van der Waals surface area contributed by atoms with E-state index in [9.17, 15) is 13.9 Å². The van der Waals surface area contributed by atoms with Crippen LogP contribution in [0.3, 0.4) is 0 Å². The molecule has 1 atom stereocenters. The molecule has 1 aromatic carbocycles. The lowest BCUT2D eigenvalue weighted by molar-refractivity contribution is -0.0122. The lowest BCUT2D eigenvalue weighted by Gasteiger charge is -2.42. The van der Waals surface area contributed by atoms with E-state index in [-0.39, 0.29) is 28.6 Å². The lowest BCUT2D eigenvalue weighted by atomic mass is 9.73. The fourth-order valence-electron chi connectivity index (χ4n) is 5.50. The molecule has 0 spiro atoms. The summed E-state index contributed by atoms with van der Waals surface area (Å²) in [5.74, 6) is 0.0502. The van der Waals surface area contributed by atoms with Crippen LogP contribution in [0.5, 0.6) is 0 Å². The summed E-state index contributed by atoms with van der Waals surface area (Å²) in [6.45, 7) is 13.0. The molecule has 1 saturated heterocycles. The second kappa shape index (κ2) is 10.6. The van der Waals surface area contributed by atoms with Crippen LogP contribution in [0, 0.1) is 24.0 Å². The molecule has 3 aromatic heterocycles. The molecule has 8 nitrogen and oxygen atoms in total. The second-order valence-electron chi connectivity index (χ2n) is 10.9. The molecule has 0 aliphatic carbocycles. The number of aryl methyl sites for hydroxylation is 1. The zero-order chi connectivity index (χ0) is 27.9. The largest absolute Gasteiger partial charge is 0.388 e. The highest BCUT2D eigenvalue weighted by atomic mass is 19.1. The topological polar surface area (TPSA) is 92.0 Å². The number of piperidine rings is 1. The normalized spacial score (nSPS) is 16.6. The number of nitrogens with one attached hydrogen (secondary N) is 1. The van der Waals surface area contributed by atoms with Crippen molar-refractivity contribution in [1.29, 1.82) is 0 Å². The quantitative estimate of drug-likeness (QED) is 0.302. The summed E-state index contributed by atoms with van der Waals surface area (Å²) in [6, 6.07) is 6.57. The van der Waals surface area contributed by atoms with Gasteiger partial charge in [0.05, 0.1) is 17.8 Å². The van der Waals surface area contributed by atoms with Gasteiger partial charge < -0.3 is 19.9 Å². The second-order valence-corrected chi connectivity index (χ2v) is 10.9. The Bertz CT molecular complexity index is 1480. The maximum absolute atomic E-state index is 15.0. The Morgan fingerprint density at radius 3 is 2.44 bits per heavy atom. The highest BCUT2D eigenvalue weighted by molar-refractivity contribution is 5.83. The number of aliphatic hydroxyl groups is 1. The molecule has 4 heterocycles. The highest BCUT2D eigenvalue weighted by Crippen LogP contribution is 2.42. The van der Waals surface area contributed by atoms with Crippen LogP contribution in [0.15, 0.2) is 36.7 Å². The molecule has 5 rings (SSSR count). The maximum Gasteiger partial charge on any atom is 0.229 e. The summed E-state index contributed by atoms with van der Waals surface area (Å²) in [7, 11) is 0. The first kappa shape index (κ1) is 27.1. The first-order valence-electron chi connectivity index (χ1n) is 13.4. The molecule has 1 unspecified atom stereocenters. The Hall–Kier alpha value is -3.50. The third kappa shape index (κ3) is 5.23. The van der Waals surface area contributed by atoms with Crippen LogP contribution < -0.4 is 5.32 Å². The van der Waals surface area contributed by atoms with Gasteiger partial charge in [0, 0.05) is 23.2 Å². The van der Waals surface area contributed by atoms with E-state index < -0.39 is 17.7 Å². The molecule has 206 valence electrons. The number of imidazole rings is 1. The number of aromatic nitrogens is 5. The van der Waals surface area contributed by atoms with Crippen LogP contribution in [0.4, 0.5) is 20.5 Å². The fourth-order valence-corrected chi connectivity index (χ4v) is 5.50. The summed E-state index contributed by atoms with van der Waals surface area (Å²) < 4.78 is 31.7. The SMILES string of the molecule is CCN1CCC(C)(C(O)c2ccc(Nc3ncc(F)c(-c4cc(F)c5nc(C)n(C(C)C)c5c4)n3)nc2)CC1. The van der Waals surface area contributed by atoms with Crippen molar-refractivity contribution >= 4 is 22.8 Å². The number of nitrogens with zero attached hydrogens (tertiary/aromatic N) is 6. The van der Waals surface area contributed by atoms with Crippen molar-refractivity contribution in [2.24, 2.45) is 5.41 Å². The number of rotatable bonds is 7.